The Kier molecular flexibility index (Phi) is 5.08. The van der Waals surface area contributed by atoms with Gasteiger partial charge in [-0.05, 0) is 31.4 Å². The highest BCUT2D eigenvalue weighted by atomic mass is 32.1. The van der Waals surface area contributed by atoms with Crippen LogP contribution in [0, 0.1) is 0 Å². The van der Waals surface area contributed by atoms with Crippen molar-refractivity contribution in [2.24, 2.45) is 15.9 Å². The van der Waals surface area contributed by atoms with Crippen molar-refractivity contribution in [3.63, 3.8) is 0 Å². The SMILES string of the molecule is CCc1cc2c(s1)C(C)CO[C@@]21C[C@@H](/C(C=NC)=N/N)N[C@@H](C)C1. The van der Waals surface area contributed by atoms with E-state index >= 15 is 0 Å². The number of ether oxygens (including phenoxy) is 1. The van der Waals surface area contributed by atoms with Crippen molar-refractivity contribution < 1.29 is 4.74 Å². The minimum atomic E-state index is -0.237. The quantitative estimate of drug-likeness (QED) is 0.501. The van der Waals surface area contributed by atoms with E-state index in [1.807, 2.05) is 11.3 Å². The Labute approximate surface area is 148 Å². The molecule has 1 aromatic rings. The fourth-order valence-corrected chi connectivity index (χ4v) is 5.26. The van der Waals surface area contributed by atoms with E-state index in [4.69, 9.17) is 10.6 Å². The molecule has 4 atom stereocenters. The predicted octanol–water partition coefficient (Wildman–Crippen LogP) is 2.80. The summed E-state index contributed by atoms with van der Waals surface area (Å²) in [6, 6.07) is 2.77. The summed E-state index contributed by atoms with van der Waals surface area (Å²) in [7, 11) is 1.75. The van der Waals surface area contributed by atoms with Crippen LogP contribution in [0.15, 0.2) is 16.2 Å². The van der Waals surface area contributed by atoms with Crippen LogP contribution < -0.4 is 11.2 Å². The van der Waals surface area contributed by atoms with Crippen LogP contribution in [0.3, 0.4) is 0 Å². The molecule has 3 N–H and O–H groups in total. The number of fused-ring (bicyclic) bond motifs is 2. The summed E-state index contributed by atoms with van der Waals surface area (Å²) in [6.07, 6.45) is 4.65. The molecule has 1 fully saturated rings. The number of rotatable bonds is 3. The zero-order chi connectivity index (χ0) is 17.3. The highest BCUT2D eigenvalue weighted by Gasteiger charge is 2.47. The monoisotopic (exact) mass is 348 g/mol. The summed E-state index contributed by atoms with van der Waals surface area (Å²) in [5.74, 6) is 6.09. The van der Waals surface area contributed by atoms with Gasteiger partial charge in [-0.25, -0.2) is 0 Å². The average molecular weight is 349 g/mol. The normalized spacial score (nSPS) is 34.0. The van der Waals surface area contributed by atoms with Gasteiger partial charge in [0.25, 0.3) is 0 Å². The molecule has 0 aliphatic carbocycles. The van der Waals surface area contributed by atoms with Crippen molar-refractivity contribution in [1.29, 1.82) is 0 Å². The fourth-order valence-electron chi connectivity index (χ4n) is 4.03. The van der Waals surface area contributed by atoms with Gasteiger partial charge in [0.1, 0.15) is 0 Å². The maximum atomic E-state index is 6.50. The molecule has 1 spiro atoms. The first-order valence-electron chi connectivity index (χ1n) is 8.76. The second kappa shape index (κ2) is 6.94. The van der Waals surface area contributed by atoms with Gasteiger partial charge in [-0.2, -0.15) is 5.10 Å². The molecule has 2 aliphatic rings. The molecule has 24 heavy (non-hydrogen) atoms. The van der Waals surface area contributed by atoms with Crippen LogP contribution >= 0.6 is 11.3 Å². The van der Waals surface area contributed by atoms with Crippen LogP contribution in [0.4, 0.5) is 0 Å². The van der Waals surface area contributed by atoms with Gasteiger partial charge in [-0.1, -0.05) is 13.8 Å². The molecule has 0 amide bonds. The van der Waals surface area contributed by atoms with Gasteiger partial charge in [-0.3, -0.25) is 4.99 Å². The maximum Gasteiger partial charge on any atom is 0.0975 e. The Morgan fingerprint density at radius 1 is 1.50 bits per heavy atom. The summed E-state index contributed by atoms with van der Waals surface area (Å²) in [5, 5.41) is 7.57. The Bertz CT molecular complexity index is 653. The number of hydrogen-bond donors (Lipinski definition) is 2. The van der Waals surface area contributed by atoms with Crippen LogP contribution in [0.1, 0.15) is 54.8 Å². The highest BCUT2D eigenvalue weighted by Crippen LogP contribution is 2.49. The second-order valence-corrected chi connectivity index (χ2v) is 8.19. The zero-order valence-corrected chi connectivity index (χ0v) is 15.8. The van der Waals surface area contributed by atoms with Gasteiger partial charge in [0, 0.05) is 41.4 Å². The number of piperidine rings is 1. The molecule has 3 rings (SSSR count). The maximum absolute atomic E-state index is 6.50. The van der Waals surface area contributed by atoms with Crippen molar-refractivity contribution in [2.75, 3.05) is 13.7 Å². The third-order valence-electron chi connectivity index (χ3n) is 5.13. The number of aliphatic imine (C=N–C) groups is 1. The zero-order valence-electron chi connectivity index (χ0n) is 15.0. The minimum Gasteiger partial charge on any atom is -0.369 e. The minimum absolute atomic E-state index is 0.0636. The van der Waals surface area contributed by atoms with Crippen LogP contribution in [0.2, 0.25) is 0 Å². The van der Waals surface area contributed by atoms with Crippen molar-refractivity contribution >= 4 is 23.3 Å². The molecule has 0 aromatic carbocycles. The third-order valence-corrected chi connectivity index (χ3v) is 6.64. The van der Waals surface area contributed by atoms with Gasteiger partial charge in [0.15, 0.2) is 0 Å². The number of hydrazone groups is 1. The van der Waals surface area contributed by atoms with E-state index in [1.54, 1.807) is 13.3 Å². The lowest BCUT2D eigenvalue weighted by atomic mass is 9.75. The fraction of sp³-hybridized carbons (Fsp3) is 0.667. The summed E-state index contributed by atoms with van der Waals surface area (Å²) in [4.78, 5) is 7.05. The molecule has 1 unspecified atom stereocenters. The molecule has 0 saturated carbocycles. The number of hydrogen-bond acceptors (Lipinski definition) is 6. The smallest absolute Gasteiger partial charge is 0.0975 e. The Hall–Kier alpha value is -1.24. The average Bonchev–Trinajstić information content (AvgIpc) is 3.02. The van der Waals surface area contributed by atoms with Crippen LogP contribution in [0.5, 0.6) is 0 Å². The van der Waals surface area contributed by atoms with Crippen LogP contribution in [0.25, 0.3) is 0 Å². The summed E-state index contributed by atoms with van der Waals surface area (Å²) >= 11 is 1.96. The first-order chi connectivity index (χ1) is 11.5. The van der Waals surface area contributed by atoms with Crippen molar-refractivity contribution in [1.82, 2.24) is 5.32 Å². The van der Waals surface area contributed by atoms with Crippen molar-refractivity contribution in [2.45, 2.75) is 63.6 Å². The standard InChI is InChI=1S/C18H28N4OS/c1-5-13-6-14-17(24-13)11(2)10-23-18(14)7-12(3)21-15(8-18)16(22-19)9-20-4/h6,9,11-12,15,21H,5,7-8,10,19H2,1-4H3/b20-9?,22-16+/t11?,12-,15-,18-/m0/s1. The van der Waals surface area contributed by atoms with E-state index in [1.165, 1.54) is 15.3 Å². The molecule has 1 aromatic heterocycles. The lowest BCUT2D eigenvalue weighted by molar-refractivity contribution is -0.0979. The van der Waals surface area contributed by atoms with Crippen molar-refractivity contribution in [3.05, 3.63) is 21.4 Å². The number of nitrogens with two attached hydrogens (primary N) is 1. The first kappa shape index (κ1) is 17.6. The van der Waals surface area contributed by atoms with Crippen molar-refractivity contribution in [3.8, 4) is 0 Å². The van der Waals surface area contributed by atoms with Crippen LogP contribution in [-0.4, -0.2) is 37.7 Å². The van der Waals surface area contributed by atoms with E-state index in [0.717, 1.165) is 31.6 Å². The number of nitrogens with one attached hydrogen (secondary N) is 1. The van der Waals surface area contributed by atoms with E-state index in [-0.39, 0.29) is 11.6 Å². The molecule has 132 valence electrons. The molecule has 1 saturated heterocycles. The van der Waals surface area contributed by atoms with E-state index in [9.17, 15) is 0 Å². The molecule has 0 bridgehead atoms. The van der Waals surface area contributed by atoms with Crippen LogP contribution in [-0.2, 0) is 16.8 Å². The van der Waals surface area contributed by atoms with E-state index in [2.05, 4.69) is 42.2 Å². The molecule has 5 nitrogen and oxygen atoms in total. The Morgan fingerprint density at radius 2 is 2.29 bits per heavy atom. The predicted molar refractivity (Wildman–Crippen MR) is 101 cm³/mol. The molecule has 0 radical (unpaired) electrons. The Morgan fingerprint density at radius 3 is 2.96 bits per heavy atom. The van der Waals surface area contributed by atoms with E-state index < -0.39 is 0 Å². The second-order valence-electron chi connectivity index (χ2n) is 7.02. The largest absolute Gasteiger partial charge is 0.369 e. The van der Waals surface area contributed by atoms with Gasteiger partial charge in [-0.15, -0.1) is 11.3 Å². The molecular formula is C18H28N4OS. The number of thiophene rings is 1. The first-order valence-corrected chi connectivity index (χ1v) is 9.57. The third kappa shape index (κ3) is 3.03. The summed E-state index contributed by atoms with van der Waals surface area (Å²) in [5.41, 5.74) is 1.95. The summed E-state index contributed by atoms with van der Waals surface area (Å²) < 4.78 is 6.50. The van der Waals surface area contributed by atoms with Gasteiger partial charge < -0.3 is 15.9 Å². The van der Waals surface area contributed by atoms with Gasteiger partial charge in [0.05, 0.1) is 24.0 Å². The lowest BCUT2D eigenvalue weighted by Crippen LogP contribution is -2.56. The van der Waals surface area contributed by atoms with E-state index in [0.29, 0.717) is 12.0 Å². The molecule has 6 heteroatoms. The molecule has 2 aliphatic heterocycles. The lowest BCUT2D eigenvalue weighted by Gasteiger charge is -2.47. The number of aryl methyl sites for hydroxylation is 1. The molecular weight excluding hydrogens is 320 g/mol. The highest BCUT2D eigenvalue weighted by molar-refractivity contribution is 7.12. The number of nitrogens with zero attached hydrogens (tertiary/aromatic N) is 2. The topological polar surface area (TPSA) is 72.0 Å². The van der Waals surface area contributed by atoms with Gasteiger partial charge >= 0.3 is 0 Å². The molecule has 3 heterocycles. The van der Waals surface area contributed by atoms with Gasteiger partial charge in [0.2, 0.25) is 0 Å². The Balaban J connectivity index is 2.00. The summed E-state index contributed by atoms with van der Waals surface area (Å²) in [6.45, 7) is 7.48.